The van der Waals surface area contributed by atoms with Gasteiger partial charge < -0.3 is 0 Å². The van der Waals surface area contributed by atoms with Gasteiger partial charge in [-0.05, 0) is 54.6 Å². The largest absolute Gasteiger partial charge is 0.306 e. The molecule has 1 fully saturated rings. The third-order valence-electron chi connectivity index (χ3n) is 8.22. The quantitative estimate of drug-likeness (QED) is 0.346. The van der Waals surface area contributed by atoms with Gasteiger partial charge in [0.1, 0.15) is 33.9 Å². The maximum Gasteiger partial charge on any atom is 0.306 e. The second kappa shape index (κ2) is 8.79. The van der Waals surface area contributed by atoms with Crippen molar-refractivity contribution in [2.75, 3.05) is 12.7 Å². The molecule has 0 radical (unpaired) electrons. The van der Waals surface area contributed by atoms with E-state index < -0.39 is 14.5 Å². The zero-order valence-corrected chi connectivity index (χ0v) is 22.0. The van der Waals surface area contributed by atoms with Crippen LogP contribution in [0, 0.1) is 0 Å². The summed E-state index contributed by atoms with van der Waals surface area (Å²) in [6.45, 7) is 1.18. The van der Waals surface area contributed by atoms with Crippen LogP contribution in [0.4, 0.5) is 5.69 Å². The van der Waals surface area contributed by atoms with Crippen LogP contribution >= 0.6 is 14.5 Å². The molecule has 1 saturated heterocycles. The first kappa shape index (κ1) is 22.1. The molecule has 5 aromatic rings. The number of fused-ring (bicyclic) bond motifs is 3. The fourth-order valence-electron chi connectivity index (χ4n) is 6.92. The molecule has 0 bridgehead atoms. The minimum atomic E-state index is -1.99. The van der Waals surface area contributed by atoms with Gasteiger partial charge in [0.05, 0.1) is 0 Å². The number of hydrogen-bond acceptors (Lipinski definition) is 0. The predicted octanol–water partition coefficient (Wildman–Crippen LogP) is 4.48. The van der Waals surface area contributed by atoms with Crippen molar-refractivity contribution in [3.8, 4) is 0 Å². The Morgan fingerprint density at radius 2 is 0.889 bits per heavy atom. The molecule has 0 amide bonds. The number of para-hydroxylation sites is 1. The second-order valence-electron chi connectivity index (χ2n) is 9.82. The molecule has 0 aromatic heterocycles. The molecule has 36 heavy (non-hydrogen) atoms. The molecule has 3 heteroatoms. The van der Waals surface area contributed by atoms with E-state index in [1.165, 1.54) is 29.0 Å². The van der Waals surface area contributed by atoms with Gasteiger partial charge in [-0.15, -0.1) is 0 Å². The van der Waals surface area contributed by atoms with Gasteiger partial charge >= 0.3 is 5.52 Å². The predicted molar refractivity (Wildman–Crippen MR) is 158 cm³/mol. The number of nitrogens with one attached hydrogen (secondary N) is 1. The normalized spacial score (nSPS) is 21.0. The van der Waals surface area contributed by atoms with Crippen molar-refractivity contribution in [2.45, 2.75) is 5.52 Å². The standard InChI is InChI=1S/C33H29NP2/c1-5-15-27(16-6-1)35(28-17-7-2-8-18-28)26-25-34-31-23-13-14-24-32(31)36(33(34)35,29-19-9-3-10-20-29)30-21-11-4-12-22-30/h1-24,33H,25-26H2/q+2/p+1/t33-/m1/s1. The monoisotopic (exact) mass is 502 g/mol. The number of rotatable bonds is 4. The van der Waals surface area contributed by atoms with Crippen molar-refractivity contribution in [3.63, 3.8) is 0 Å². The third kappa shape index (κ3) is 3.01. The summed E-state index contributed by atoms with van der Waals surface area (Å²) in [4.78, 5) is 1.70. The average molecular weight is 503 g/mol. The lowest BCUT2D eigenvalue weighted by atomic mass is 10.3. The summed E-state index contributed by atoms with van der Waals surface area (Å²) in [5.41, 5.74) is 2.02. The molecular weight excluding hydrogens is 472 g/mol. The Kier molecular flexibility index (Phi) is 5.41. The highest BCUT2D eigenvalue weighted by molar-refractivity contribution is 8.08. The molecule has 1 nitrogen and oxygen atoms in total. The first-order chi connectivity index (χ1) is 17.9. The van der Waals surface area contributed by atoms with Crippen LogP contribution in [0.5, 0.6) is 0 Å². The summed E-state index contributed by atoms with van der Waals surface area (Å²) in [5.74, 6) is 0. The van der Waals surface area contributed by atoms with Crippen LogP contribution in [-0.4, -0.2) is 18.2 Å². The summed E-state index contributed by atoms with van der Waals surface area (Å²) < 4.78 is 0. The smallest absolute Gasteiger partial charge is 0.230 e. The molecule has 2 heterocycles. The minimum Gasteiger partial charge on any atom is -0.230 e. The highest BCUT2D eigenvalue weighted by Crippen LogP contribution is 2.78. The van der Waals surface area contributed by atoms with E-state index >= 15 is 0 Å². The van der Waals surface area contributed by atoms with E-state index in [9.17, 15) is 0 Å². The van der Waals surface area contributed by atoms with Gasteiger partial charge in [0.2, 0.25) is 7.26 Å². The van der Waals surface area contributed by atoms with E-state index in [1.807, 2.05) is 0 Å². The average Bonchev–Trinajstić information content (AvgIpc) is 3.51. The molecule has 2 aliphatic rings. The van der Waals surface area contributed by atoms with Gasteiger partial charge in [-0.1, -0.05) is 84.9 Å². The van der Waals surface area contributed by atoms with Gasteiger partial charge in [0.15, 0.2) is 18.3 Å². The third-order valence-corrected chi connectivity index (χ3v) is 19.4. The van der Waals surface area contributed by atoms with Crippen LogP contribution in [0.2, 0.25) is 0 Å². The van der Waals surface area contributed by atoms with Gasteiger partial charge in [-0.2, -0.15) is 0 Å². The molecule has 174 valence electrons. The molecule has 0 spiro atoms. The molecule has 0 aliphatic carbocycles. The van der Waals surface area contributed by atoms with Crippen LogP contribution < -0.4 is 31.4 Å². The Hall–Kier alpha value is -3.08. The number of quaternary nitrogens is 1. The Bertz CT molecular complexity index is 1410. The van der Waals surface area contributed by atoms with Gasteiger partial charge in [-0.3, -0.25) is 0 Å². The number of benzene rings is 5. The van der Waals surface area contributed by atoms with Crippen molar-refractivity contribution in [2.24, 2.45) is 0 Å². The zero-order chi connectivity index (χ0) is 24.0. The van der Waals surface area contributed by atoms with Crippen LogP contribution in [0.1, 0.15) is 0 Å². The lowest BCUT2D eigenvalue weighted by Crippen LogP contribution is -3.08. The molecular formula is C33H30NP2+3. The molecule has 2 aliphatic heterocycles. The van der Waals surface area contributed by atoms with Crippen molar-refractivity contribution in [3.05, 3.63) is 146 Å². The molecule has 1 unspecified atom stereocenters. The SMILES string of the molecule is c1ccc([P+]2(c3ccccc3)CC[NH+]3c4ccccc4[P+](c4ccccc4)(c4ccccc4)[C@H]32)cc1. The van der Waals surface area contributed by atoms with Gasteiger partial charge in [0.25, 0.3) is 0 Å². The van der Waals surface area contributed by atoms with E-state index in [2.05, 4.69) is 146 Å². The second-order valence-corrected chi connectivity index (χ2v) is 17.4. The number of hydrogen-bond donors (Lipinski definition) is 1. The molecule has 0 saturated carbocycles. The van der Waals surface area contributed by atoms with Crippen LogP contribution in [0.15, 0.2) is 146 Å². The van der Waals surface area contributed by atoms with Gasteiger partial charge in [0, 0.05) is 6.07 Å². The molecule has 7 rings (SSSR count). The zero-order valence-electron chi connectivity index (χ0n) is 20.2. The summed E-state index contributed by atoms with van der Waals surface area (Å²) in [5, 5.41) is 7.72. The lowest BCUT2D eigenvalue weighted by Gasteiger charge is -2.32. The Morgan fingerprint density at radius 1 is 0.472 bits per heavy atom. The van der Waals surface area contributed by atoms with Crippen molar-refractivity contribution in [1.82, 2.24) is 0 Å². The highest BCUT2D eigenvalue weighted by Gasteiger charge is 2.80. The van der Waals surface area contributed by atoms with E-state index in [4.69, 9.17) is 0 Å². The summed E-state index contributed by atoms with van der Waals surface area (Å²) in [7, 11) is -3.76. The van der Waals surface area contributed by atoms with Crippen molar-refractivity contribution < 1.29 is 4.90 Å². The Balaban J connectivity index is 1.64. The van der Waals surface area contributed by atoms with Crippen LogP contribution in [0.3, 0.4) is 0 Å². The maximum atomic E-state index is 2.46. The van der Waals surface area contributed by atoms with Crippen molar-refractivity contribution >= 4 is 46.7 Å². The highest BCUT2D eigenvalue weighted by atomic mass is 31.2. The Morgan fingerprint density at radius 3 is 1.39 bits per heavy atom. The fourth-order valence-corrected chi connectivity index (χ4v) is 20.6. The van der Waals surface area contributed by atoms with E-state index in [0.29, 0.717) is 5.52 Å². The lowest BCUT2D eigenvalue weighted by molar-refractivity contribution is -0.819. The topological polar surface area (TPSA) is 4.44 Å². The van der Waals surface area contributed by atoms with Crippen molar-refractivity contribution in [1.29, 1.82) is 0 Å². The van der Waals surface area contributed by atoms with E-state index in [0.717, 1.165) is 0 Å². The minimum absolute atomic E-state index is 0.497. The fraction of sp³-hybridized carbons (Fsp3) is 0.0909. The Labute approximate surface area is 215 Å². The van der Waals surface area contributed by atoms with Gasteiger partial charge in [-0.25, -0.2) is 4.90 Å². The van der Waals surface area contributed by atoms with E-state index in [-0.39, 0.29) is 0 Å². The molecule has 2 atom stereocenters. The summed E-state index contributed by atoms with van der Waals surface area (Å²) in [6.07, 6.45) is 1.25. The summed E-state index contributed by atoms with van der Waals surface area (Å²) >= 11 is 0. The molecule has 1 N–H and O–H groups in total. The van der Waals surface area contributed by atoms with Crippen LogP contribution in [-0.2, 0) is 0 Å². The van der Waals surface area contributed by atoms with E-state index in [1.54, 1.807) is 20.8 Å². The molecule has 5 aromatic carbocycles. The summed E-state index contributed by atoms with van der Waals surface area (Å²) in [6, 6.07) is 55.5. The van der Waals surface area contributed by atoms with Crippen LogP contribution in [0.25, 0.3) is 0 Å². The first-order valence-electron chi connectivity index (χ1n) is 12.8. The first-order valence-corrected chi connectivity index (χ1v) is 16.7. The maximum absolute atomic E-state index is 2.46.